The largest absolute Gasteiger partial charge is 0.368 e. The molecule has 0 aromatic heterocycles. The standard InChI is InChI=1S/C20H21FN2O2/c1-13(16-9-17(14-7-8-14)11-18(21)10-16)23(12-19(22)24)20(25)15-5-3-2-4-6-15/h2-6,9-11,13-14H,7-8,12H2,1H3,(H2,22,24). The van der Waals surface area contributed by atoms with Crippen molar-refractivity contribution in [1.82, 2.24) is 4.90 Å². The summed E-state index contributed by atoms with van der Waals surface area (Å²) in [7, 11) is 0. The highest BCUT2D eigenvalue weighted by atomic mass is 19.1. The topological polar surface area (TPSA) is 63.4 Å². The fourth-order valence-corrected chi connectivity index (χ4v) is 3.01. The van der Waals surface area contributed by atoms with E-state index in [0.717, 1.165) is 18.4 Å². The molecule has 1 aliphatic rings. The summed E-state index contributed by atoms with van der Waals surface area (Å²) in [4.78, 5) is 25.7. The molecule has 3 rings (SSSR count). The molecule has 25 heavy (non-hydrogen) atoms. The number of primary amides is 1. The maximum Gasteiger partial charge on any atom is 0.254 e. The van der Waals surface area contributed by atoms with Crippen LogP contribution in [0.3, 0.4) is 0 Å². The Labute approximate surface area is 146 Å². The molecule has 1 aliphatic carbocycles. The third-order valence-corrected chi connectivity index (χ3v) is 4.55. The Hall–Kier alpha value is -2.69. The van der Waals surface area contributed by atoms with Crippen LogP contribution in [-0.4, -0.2) is 23.3 Å². The molecule has 130 valence electrons. The lowest BCUT2D eigenvalue weighted by molar-refractivity contribution is -0.119. The molecule has 1 atom stereocenters. The van der Waals surface area contributed by atoms with Crippen LogP contribution in [0, 0.1) is 5.82 Å². The monoisotopic (exact) mass is 340 g/mol. The number of hydrogen-bond acceptors (Lipinski definition) is 2. The molecule has 2 aromatic carbocycles. The number of carbonyl (C=O) groups excluding carboxylic acids is 2. The second-order valence-corrected chi connectivity index (χ2v) is 6.53. The van der Waals surface area contributed by atoms with E-state index in [2.05, 4.69) is 0 Å². The lowest BCUT2D eigenvalue weighted by Gasteiger charge is -2.29. The molecule has 0 radical (unpaired) electrons. The highest BCUT2D eigenvalue weighted by Crippen LogP contribution is 2.41. The van der Waals surface area contributed by atoms with Gasteiger partial charge in [-0.2, -0.15) is 0 Å². The van der Waals surface area contributed by atoms with Gasteiger partial charge in [0.2, 0.25) is 5.91 Å². The average molecular weight is 340 g/mol. The molecule has 2 amide bonds. The molecule has 0 spiro atoms. The van der Waals surface area contributed by atoms with E-state index >= 15 is 0 Å². The second kappa shape index (κ2) is 7.05. The van der Waals surface area contributed by atoms with Gasteiger partial charge in [0.25, 0.3) is 5.91 Å². The van der Waals surface area contributed by atoms with Crippen LogP contribution in [0.15, 0.2) is 48.5 Å². The van der Waals surface area contributed by atoms with Gasteiger partial charge >= 0.3 is 0 Å². The Kier molecular flexibility index (Phi) is 4.83. The van der Waals surface area contributed by atoms with Crippen molar-refractivity contribution in [3.63, 3.8) is 0 Å². The summed E-state index contributed by atoms with van der Waals surface area (Å²) >= 11 is 0. The van der Waals surface area contributed by atoms with E-state index in [-0.39, 0.29) is 18.3 Å². The molecule has 0 bridgehead atoms. The minimum Gasteiger partial charge on any atom is -0.368 e. The number of halogens is 1. The van der Waals surface area contributed by atoms with Crippen molar-refractivity contribution in [2.24, 2.45) is 5.73 Å². The van der Waals surface area contributed by atoms with Gasteiger partial charge in [-0.05, 0) is 61.1 Å². The lowest BCUT2D eigenvalue weighted by Crippen LogP contribution is -2.40. The zero-order valence-electron chi connectivity index (χ0n) is 14.1. The van der Waals surface area contributed by atoms with Crippen LogP contribution in [0.4, 0.5) is 4.39 Å². The summed E-state index contributed by atoms with van der Waals surface area (Å²) < 4.78 is 14.0. The van der Waals surface area contributed by atoms with E-state index in [0.29, 0.717) is 17.0 Å². The van der Waals surface area contributed by atoms with E-state index in [1.807, 2.05) is 12.1 Å². The number of benzene rings is 2. The Bertz CT molecular complexity index is 788. The lowest BCUT2D eigenvalue weighted by atomic mass is 10.0. The predicted octanol–water partition coefficient (Wildman–Crippen LogP) is 3.39. The van der Waals surface area contributed by atoms with Crippen molar-refractivity contribution in [3.05, 3.63) is 71.0 Å². The fraction of sp³-hybridized carbons (Fsp3) is 0.300. The minimum absolute atomic E-state index is 0.218. The Balaban J connectivity index is 1.93. The van der Waals surface area contributed by atoms with Crippen molar-refractivity contribution >= 4 is 11.8 Å². The van der Waals surface area contributed by atoms with Gasteiger partial charge in [-0.1, -0.05) is 24.3 Å². The van der Waals surface area contributed by atoms with Gasteiger partial charge in [0.05, 0.1) is 6.04 Å². The van der Waals surface area contributed by atoms with Gasteiger partial charge in [0.1, 0.15) is 12.4 Å². The van der Waals surface area contributed by atoms with Crippen molar-refractivity contribution in [3.8, 4) is 0 Å². The smallest absolute Gasteiger partial charge is 0.254 e. The van der Waals surface area contributed by atoms with E-state index < -0.39 is 11.9 Å². The zero-order valence-corrected chi connectivity index (χ0v) is 14.1. The summed E-state index contributed by atoms with van der Waals surface area (Å²) in [6.45, 7) is 1.57. The first-order chi connectivity index (χ1) is 12.0. The highest BCUT2D eigenvalue weighted by molar-refractivity contribution is 5.96. The quantitative estimate of drug-likeness (QED) is 0.876. The minimum atomic E-state index is -0.602. The van der Waals surface area contributed by atoms with Crippen LogP contribution in [-0.2, 0) is 4.79 Å². The van der Waals surface area contributed by atoms with Crippen LogP contribution in [0.25, 0.3) is 0 Å². The molecule has 1 fully saturated rings. The number of hydrogen-bond donors (Lipinski definition) is 1. The van der Waals surface area contributed by atoms with E-state index in [1.54, 1.807) is 37.3 Å². The summed E-state index contributed by atoms with van der Waals surface area (Å²) in [5.41, 5.74) is 7.43. The third-order valence-electron chi connectivity index (χ3n) is 4.55. The van der Waals surface area contributed by atoms with Gasteiger partial charge in [-0.3, -0.25) is 9.59 Å². The molecule has 0 heterocycles. The molecule has 5 heteroatoms. The normalized spacial score (nSPS) is 14.8. The molecular weight excluding hydrogens is 319 g/mol. The van der Waals surface area contributed by atoms with E-state index in [1.165, 1.54) is 11.0 Å². The van der Waals surface area contributed by atoms with Gasteiger partial charge < -0.3 is 10.6 Å². The van der Waals surface area contributed by atoms with Crippen molar-refractivity contribution in [2.45, 2.75) is 31.7 Å². The van der Waals surface area contributed by atoms with Crippen molar-refractivity contribution in [1.29, 1.82) is 0 Å². The molecule has 1 saturated carbocycles. The summed E-state index contributed by atoms with van der Waals surface area (Å²) in [5, 5.41) is 0. The maximum absolute atomic E-state index is 14.0. The number of carbonyl (C=O) groups is 2. The first-order valence-electron chi connectivity index (χ1n) is 8.40. The first kappa shape index (κ1) is 17.1. The number of nitrogens with two attached hydrogens (primary N) is 1. The highest BCUT2D eigenvalue weighted by Gasteiger charge is 2.28. The fourth-order valence-electron chi connectivity index (χ4n) is 3.01. The summed E-state index contributed by atoms with van der Waals surface area (Å²) in [6.07, 6.45) is 2.12. The van der Waals surface area contributed by atoms with Gasteiger partial charge in [-0.25, -0.2) is 4.39 Å². The van der Waals surface area contributed by atoms with E-state index in [4.69, 9.17) is 5.73 Å². The third kappa shape index (κ3) is 4.05. The predicted molar refractivity (Wildman–Crippen MR) is 93.5 cm³/mol. The van der Waals surface area contributed by atoms with Crippen LogP contribution in [0.1, 0.15) is 53.2 Å². The zero-order chi connectivity index (χ0) is 18.0. The average Bonchev–Trinajstić information content (AvgIpc) is 3.43. The SMILES string of the molecule is CC(c1cc(F)cc(C2CC2)c1)N(CC(N)=O)C(=O)c1ccccc1. The molecular formula is C20H21FN2O2. The molecule has 0 saturated heterocycles. The van der Waals surface area contributed by atoms with Crippen molar-refractivity contribution < 1.29 is 14.0 Å². The molecule has 4 nitrogen and oxygen atoms in total. The first-order valence-corrected chi connectivity index (χ1v) is 8.40. The molecule has 2 aromatic rings. The van der Waals surface area contributed by atoms with Crippen LogP contribution >= 0.6 is 0 Å². The number of amides is 2. The van der Waals surface area contributed by atoms with Gasteiger partial charge in [0.15, 0.2) is 0 Å². The van der Waals surface area contributed by atoms with Crippen LogP contribution in [0.2, 0.25) is 0 Å². The Morgan fingerprint density at radius 1 is 1.20 bits per heavy atom. The van der Waals surface area contributed by atoms with Gasteiger partial charge in [-0.15, -0.1) is 0 Å². The van der Waals surface area contributed by atoms with Crippen LogP contribution < -0.4 is 5.73 Å². The summed E-state index contributed by atoms with van der Waals surface area (Å²) in [6, 6.07) is 13.1. The molecule has 0 aliphatic heterocycles. The second-order valence-electron chi connectivity index (χ2n) is 6.53. The van der Waals surface area contributed by atoms with Gasteiger partial charge in [0, 0.05) is 5.56 Å². The molecule has 1 unspecified atom stereocenters. The molecule has 2 N–H and O–H groups in total. The van der Waals surface area contributed by atoms with Crippen LogP contribution in [0.5, 0.6) is 0 Å². The van der Waals surface area contributed by atoms with Crippen molar-refractivity contribution in [2.75, 3.05) is 6.54 Å². The van der Waals surface area contributed by atoms with E-state index in [9.17, 15) is 14.0 Å². The Morgan fingerprint density at radius 3 is 2.48 bits per heavy atom. The number of rotatable bonds is 6. The maximum atomic E-state index is 14.0. The Morgan fingerprint density at radius 2 is 1.88 bits per heavy atom. The summed E-state index contributed by atoms with van der Waals surface area (Å²) in [5.74, 6) is -0.826. The number of nitrogens with zero attached hydrogens (tertiary/aromatic N) is 1.